The summed E-state index contributed by atoms with van der Waals surface area (Å²) in [4.78, 5) is 10.9. The van der Waals surface area contributed by atoms with Crippen molar-refractivity contribution < 1.29 is 14.3 Å². The molecule has 0 N–H and O–H groups in total. The van der Waals surface area contributed by atoms with Gasteiger partial charge in [-0.05, 0) is 19.3 Å². The van der Waals surface area contributed by atoms with E-state index in [-0.39, 0.29) is 17.1 Å². The Bertz CT molecular complexity index is 149. The summed E-state index contributed by atoms with van der Waals surface area (Å²) in [5.74, 6) is -0.269. The summed E-state index contributed by atoms with van der Waals surface area (Å²) in [5.41, 5.74) is 0. The third-order valence-electron chi connectivity index (χ3n) is 1.67. The van der Waals surface area contributed by atoms with Crippen LogP contribution in [-0.2, 0) is 14.3 Å². The van der Waals surface area contributed by atoms with Gasteiger partial charge in [0.05, 0.1) is 7.11 Å². The highest BCUT2D eigenvalue weighted by Crippen LogP contribution is 2.23. The van der Waals surface area contributed by atoms with Gasteiger partial charge in [-0.25, -0.2) is 4.79 Å². The summed E-state index contributed by atoms with van der Waals surface area (Å²) in [7, 11) is 1.38. The minimum atomic E-state index is -0.363. The normalized spacial score (nSPS) is 31.5. The fraction of sp³-hybridized carbons (Fsp3) is 0.857. The minimum absolute atomic E-state index is 0.0142. The molecule has 0 aromatic rings. The van der Waals surface area contributed by atoms with Gasteiger partial charge in [0.25, 0.3) is 0 Å². The van der Waals surface area contributed by atoms with Crippen LogP contribution in [0.4, 0.5) is 0 Å². The minimum Gasteiger partial charge on any atom is -0.467 e. The first-order valence-corrected chi connectivity index (χ1v) is 4.53. The Morgan fingerprint density at radius 2 is 2.36 bits per heavy atom. The quantitative estimate of drug-likeness (QED) is 0.498. The molecule has 1 aliphatic heterocycles. The Kier molecular flexibility index (Phi) is 3.33. The molecular formula is C7H11BrO3. The Hall–Kier alpha value is -0.0900. The van der Waals surface area contributed by atoms with Crippen molar-refractivity contribution in [3.63, 3.8) is 0 Å². The number of ether oxygens (including phenoxy) is 2. The molecular weight excluding hydrogens is 212 g/mol. The molecule has 3 nitrogen and oxygen atoms in total. The van der Waals surface area contributed by atoms with Crippen molar-refractivity contribution in [1.82, 2.24) is 0 Å². The van der Waals surface area contributed by atoms with Crippen molar-refractivity contribution in [2.24, 2.45) is 0 Å². The fourth-order valence-electron chi connectivity index (χ4n) is 1.08. The molecule has 2 atom stereocenters. The van der Waals surface area contributed by atoms with E-state index in [0.717, 1.165) is 19.3 Å². The molecule has 0 bridgehead atoms. The van der Waals surface area contributed by atoms with Gasteiger partial charge < -0.3 is 9.47 Å². The molecule has 1 aliphatic rings. The molecule has 0 aliphatic carbocycles. The van der Waals surface area contributed by atoms with Crippen LogP contribution < -0.4 is 0 Å². The lowest BCUT2D eigenvalue weighted by molar-refractivity contribution is -0.158. The molecule has 11 heavy (non-hydrogen) atoms. The Morgan fingerprint density at radius 3 is 2.91 bits per heavy atom. The van der Waals surface area contributed by atoms with E-state index in [9.17, 15) is 4.79 Å². The van der Waals surface area contributed by atoms with Crippen molar-refractivity contribution in [1.29, 1.82) is 0 Å². The number of alkyl halides is 1. The molecule has 0 radical (unpaired) electrons. The van der Waals surface area contributed by atoms with Crippen LogP contribution in [0.25, 0.3) is 0 Å². The number of rotatable bonds is 1. The maximum Gasteiger partial charge on any atom is 0.335 e. The summed E-state index contributed by atoms with van der Waals surface area (Å²) < 4.78 is 9.83. The number of hydrogen-bond acceptors (Lipinski definition) is 3. The number of carbonyl (C=O) groups is 1. The first-order valence-electron chi connectivity index (χ1n) is 3.61. The average molecular weight is 223 g/mol. The van der Waals surface area contributed by atoms with Crippen LogP contribution in [0.3, 0.4) is 0 Å². The maximum atomic E-state index is 10.9. The van der Waals surface area contributed by atoms with Crippen molar-refractivity contribution in [2.45, 2.75) is 30.4 Å². The first kappa shape index (κ1) is 9.00. The van der Waals surface area contributed by atoms with Gasteiger partial charge in [0.1, 0.15) is 5.01 Å². The summed E-state index contributed by atoms with van der Waals surface area (Å²) >= 11 is 3.30. The lowest BCUT2D eigenvalue weighted by Crippen LogP contribution is -2.31. The van der Waals surface area contributed by atoms with Gasteiger partial charge >= 0.3 is 5.97 Å². The predicted molar refractivity (Wildman–Crippen MR) is 43.5 cm³/mol. The van der Waals surface area contributed by atoms with Crippen LogP contribution >= 0.6 is 15.9 Å². The number of esters is 1. The van der Waals surface area contributed by atoms with Gasteiger partial charge in [0, 0.05) is 0 Å². The average Bonchev–Trinajstić information content (AvgIpc) is 2.03. The van der Waals surface area contributed by atoms with Crippen LogP contribution in [0.1, 0.15) is 19.3 Å². The van der Waals surface area contributed by atoms with E-state index >= 15 is 0 Å². The molecule has 0 aromatic heterocycles. The molecule has 1 fully saturated rings. The highest BCUT2D eigenvalue weighted by atomic mass is 79.9. The van der Waals surface area contributed by atoms with Crippen molar-refractivity contribution in [3.8, 4) is 0 Å². The molecule has 0 amide bonds. The van der Waals surface area contributed by atoms with Crippen LogP contribution in [-0.4, -0.2) is 24.2 Å². The van der Waals surface area contributed by atoms with E-state index in [4.69, 9.17) is 4.74 Å². The summed E-state index contributed by atoms with van der Waals surface area (Å²) in [6.07, 6.45) is 2.39. The summed E-state index contributed by atoms with van der Waals surface area (Å²) in [6, 6.07) is 0. The zero-order valence-corrected chi connectivity index (χ0v) is 7.96. The molecule has 64 valence electrons. The lowest BCUT2D eigenvalue weighted by atomic mass is 10.1. The topological polar surface area (TPSA) is 35.5 Å². The predicted octanol–water partition coefficient (Wildman–Crippen LogP) is 1.45. The van der Waals surface area contributed by atoms with Gasteiger partial charge in [-0.1, -0.05) is 15.9 Å². The van der Waals surface area contributed by atoms with Crippen LogP contribution in [0, 0.1) is 0 Å². The van der Waals surface area contributed by atoms with E-state index in [0.29, 0.717) is 0 Å². The fourth-order valence-corrected chi connectivity index (χ4v) is 1.67. The molecule has 1 saturated heterocycles. The molecule has 4 heteroatoms. The van der Waals surface area contributed by atoms with Gasteiger partial charge in [-0.3, -0.25) is 0 Å². The number of halogens is 1. The van der Waals surface area contributed by atoms with Crippen molar-refractivity contribution in [2.75, 3.05) is 7.11 Å². The van der Waals surface area contributed by atoms with Crippen LogP contribution in [0.5, 0.6) is 0 Å². The van der Waals surface area contributed by atoms with E-state index in [1.54, 1.807) is 0 Å². The van der Waals surface area contributed by atoms with E-state index in [1.807, 2.05) is 0 Å². The molecule has 0 aromatic carbocycles. The highest BCUT2D eigenvalue weighted by Gasteiger charge is 2.26. The van der Waals surface area contributed by atoms with Crippen LogP contribution in [0.2, 0.25) is 0 Å². The Labute approximate surface area is 74.2 Å². The number of hydrogen-bond donors (Lipinski definition) is 0. The largest absolute Gasteiger partial charge is 0.467 e. The Morgan fingerprint density at radius 1 is 1.64 bits per heavy atom. The monoisotopic (exact) mass is 222 g/mol. The zero-order chi connectivity index (χ0) is 8.27. The maximum absolute atomic E-state index is 10.9. The van der Waals surface area contributed by atoms with Gasteiger partial charge in [0.2, 0.25) is 0 Å². The standard InChI is InChI=1S/C7H11BrO3/c1-10-7(9)5-3-2-4-6(8)11-5/h5-6H,2-4H2,1H3. The lowest BCUT2D eigenvalue weighted by Gasteiger charge is -2.24. The van der Waals surface area contributed by atoms with Crippen molar-refractivity contribution >= 4 is 21.9 Å². The molecule has 2 unspecified atom stereocenters. The molecule has 1 rings (SSSR count). The van der Waals surface area contributed by atoms with Gasteiger partial charge in [-0.15, -0.1) is 0 Å². The third-order valence-corrected chi connectivity index (χ3v) is 2.35. The number of carbonyl (C=O) groups excluding carboxylic acids is 1. The van der Waals surface area contributed by atoms with E-state index in [1.165, 1.54) is 7.11 Å². The second-order valence-electron chi connectivity index (χ2n) is 2.49. The number of methoxy groups -OCH3 is 1. The Balaban J connectivity index is 2.39. The zero-order valence-electron chi connectivity index (χ0n) is 6.38. The van der Waals surface area contributed by atoms with E-state index < -0.39 is 0 Å². The van der Waals surface area contributed by atoms with E-state index in [2.05, 4.69) is 20.7 Å². The van der Waals surface area contributed by atoms with Crippen molar-refractivity contribution in [3.05, 3.63) is 0 Å². The summed E-state index contributed by atoms with van der Waals surface area (Å²) in [6.45, 7) is 0. The third kappa shape index (κ3) is 2.45. The SMILES string of the molecule is COC(=O)C1CCCC(Br)O1. The smallest absolute Gasteiger partial charge is 0.335 e. The molecule has 1 heterocycles. The molecule has 0 saturated carbocycles. The van der Waals surface area contributed by atoms with Gasteiger partial charge in [0.15, 0.2) is 6.10 Å². The summed E-state index contributed by atoms with van der Waals surface area (Å²) in [5, 5.41) is 0.0142. The van der Waals surface area contributed by atoms with Crippen LogP contribution in [0.15, 0.2) is 0 Å². The highest BCUT2D eigenvalue weighted by molar-refractivity contribution is 9.09. The first-order chi connectivity index (χ1) is 5.24. The second-order valence-corrected chi connectivity index (χ2v) is 3.51. The second kappa shape index (κ2) is 4.07. The van der Waals surface area contributed by atoms with Gasteiger partial charge in [-0.2, -0.15) is 0 Å². The molecule has 0 spiro atoms.